The number of sulfone groups is 1. The molecular formula is C22H28Cl2N2O3S. The van der Waals surface area contributed by atoms with E-state index in [4.69, 9.17) is 17.3 Å². The summed E-state index contributed by atoms with van der Waals surface area (Å²) in [6, 6.07) is 14.5. The van der Waals surface area contributed by atoms with Crippen molar-refractivity contribution in [2.24, 2.45) is 5.73 Å². The average molecular weight is 471 g/mol. The molecule has 30 heavy (non-hydrogen) atoms. The van der Waals surface area contributed by atoms with Crippen LogP contribution in [0, 0.1) is 0 Å². The third-order valence-corrected chi connectivity index (χ3v) is 7.17. The molecule has 0 radical (unpaired) electrons. The minimum Gasteiger partial charge on any atom is -0.353 e. The maximum Gasteiger partial charge on any atom is 0.224 e. The van der Waals surface area contributed by atoms with Crippen LogP contribution in [0.5, 0.6) is 0 Å². The lowest BCUT2D eigenvalue weighted by Gasteiger charge is -2.40. The van der Waals surface area contributed by atoms with E-state index in [2.05, 4.69) is 11.4 Å². The Hall–Kier alpha value is -1.60. The molecular weight excluding hydrogens is 443 g/mol. The molecule has 1 aliphatic rings. The van der Waals surface area contributed by atoms with Crippen LogP contribution >= 0.6 is 24.0 Å². The van der Waals surface area contributed by atoms with Crippen molar-refractivity contribution in [2.75, 3.05) is 12.8 Å². The Morgan fingerprint density at radius 1 is 1.17 bits per heavy atom. The maximum atomic E-state index is 12.5. The van der Waals surface area contributed by atoms with Gasteiger partial charge in [-0.1, -0.05) is 35.9 Å². The second-order valence-corrected chi connectivity index (χ2v) is 10.4. The molecule has 8 heteroatoms. The molecule has 0 aliphatic heterocycles. The predicted octanol–water partition coefficient (Wildman–Crippen LogP) is 3.66. The maximum absolute atomic E-state index is 12.5. The molecule has 0 atom stereocenters. The first-order chi connectivity index (χ1) is 13.7. The first-order valence-corrected chi connectivity index (χ1v) is 12.0. The lowest BCUT2D eigenvalue weighted by atomic mass is 9.68. The zero-order chi connectivity index (χ0) is 21.1. The minimum absolute atomic E-state index is 0. The molecule has 2 aromatic carbocycles. The molecule has 164 valence electrons. The van der Waals surface area contributed by atoms with Crippen LogP contribution in [0.3, 0.4) is 0 Å². The lowest BCUT2D eigenvalue weighted by molar-refractivity contribution is -0.121. The summed E-state index contributed by atoms with van der Waals surface area (Å²) in [7, 11) is -3.29. The fourth-order valence-electron chi connectivity index (χ4n) is 4.09. The van der Waals surface area contributed by atoms with Crippen molar-refractivity contribution in [1.82, 2.24) is 5.32 Å². The monoisotopic (exact) mass is 470 g/mol. The van der Waals surface area contributed by atoms with Crippen LogP contribution in [0.15, 0.2) is 53.4 Å². The smallest absolute Gasteiger partial charge is 0.224 e. The molecule has 1 amide bonds. The van der Waals surface area contributed by atoms with E-state index >= 15 is 0 Å². The van der Waals surface area contributed by atoms with Gasteiger partial charge in [-0.05, 0) is 61.1 Å². The normalized spacial score (nSPS) is 21.5. The highest BCUT2D eigenvalue weighted by Gasteiger charge is 2.36. The van der Waals surface area contributed by atoms with E-state index in [0.29, 0.717) is 17.1 Å². The van der Waals surface area contributed by atoms with Crippen molar-refractivity contribution in [1.29, 1.82) is 0 Å². The number of nitrogens with two attached hydrogens (primary N) is 1. The summed E-state index contributed by atoms with van der Waals surface area (Å²) in [5, 5.41) is 3.81. The topological polar surface area (TPSA) is 89.3 Å². The van der Waals surface area contributed by atoms with Crippen molar-refractivity contribution in [3.63, 3.8) is 0 Å². The average Bonchev–Trinajstić information content (AvgIpc) is 2.68. The molecule has 3 N–H and O–H groups in total. The van der Waals surface area contributed by atoms with Gasteiger partial charge in [-0.2, -0.15) is 0 Å². The molecule has 5 nitrogen and oxygen atoms in total. The number of carbonyl (C=O) groups excluding carboxylic acids is 1. The number of nitrogens with one attached hydrogen (secondary N) is 1. The number of carbonyl (C=O) groups is 1. The van der Waals surface area contributed by atoms with Gasteiger partial charge in [0, 0.05) is 29.3 Å². The Bertz CT molecular complexity index is 987. The van der Waals surface area contributed by atoms with Gasteiger partial charge in [0.1, 0.15) is 0 Å². The van der Waals surface area contributed by atoms with Gasteiger partial charge >= 0.3 is 0 Å². The van der Waals surface area contributed by atoms with Gasteiger partial charge in [-0.3, -0.25) is 4.79 Å². The van der Waals surface area contributed by atoms with Crippen molar-refractivity contribution in [3.8, 4) is 0 Å². The predicted molar refractivity (Wildman–Crippen MR) is 123 cm³/mol. The van der Waals surface area contributed by atoms with Crippen LogP contribution in [-0.4, -0.2) is 33.2 Å². The molecule has 1 saturated carbocycles. The van der Waals surface area contributed by atoms with Crippen molar-refractivity contribution >= 4 is 39.8 Å². The second kappa shape index (κ2) is 10.1. The first kappa shape index (κ1) is 24.7. The molecule has 0 aromatic heterocycles. The van der Waals surface area contributed by atoms with Crippen LogP contribution in [0.25, 0.3) is 0 Å². The molecule has 0 saturated heterocycles. The Morgan fingerprint density at radius 3 is 2.43 bits per heavy atom. The molecule has 0 unspecified atom stereocenters. The quantitative estimate of drug-likeness (QED) is 0.673. The summed E-state index contributed by atoms with van der Waals surface area (Å²) in [6.45, 7) is 0.548. The highest BCUT2D eigenvalue weighted by atomic mass is 35.5. The highest BCUT2D eigenvalue weighted by molar-refractivity contribution is 7.90. The SMILES string of the molecule is CS(=O)(=O)c1cccc(CC(=O)N[C@H]2CC[C@@](CN)(c3cccc(Cl)c3)CC2)c1.Cl. The van der Waals surface area contributed by atoms with Gasteiger partial charge in [0.15, 0.2) is 9.84 Å². The van der Waals surface area contributed by atoms with Crippen molar-refractivity contribution in [2.45, 2.75) is 48.5 Å². The van der Waals surface area contributed by atoms with Gasteiger partial charge in [0.2, 0.25) is 5.91 Å². The lowest BCUT2D eigenvalue weighted by Crippen LogP contribution is -2.45. The second-order valence-electron chi connectivity index (χ2n) is 7.93. The van der Waals surface area contributed by atoms with E-state index < -0.39 is 9.84 Å². The Labute approximate surface area is 189 Å². The third kappa shape index (κ3) is 5.97. The standard InChI is InChI=1S/C22H27ClN2O3S.ClH/c1-29(27,28)20-7-2-4-16(12-20)13-21(26)25-19-8-10-22(15-24,11-9-19)17-5-3-6-18(23)14-17;/h2-7,12,14,19H,8-11,13,15,24H2,1H3,(H,25,26);1H/t19-,22+;. The molecule has 3 rings (SSSR count). The summed E-state index contributed by atoms with van der Waals surface area (Å²) in [5.41, 5.74) is 7.89. The summed E-state index contributed by atoms with van der Waals surface area (Å²) >= 11 is 6.16. The molecule has 1 fully saturated rings. The van der Waals surface area contributed by atoms with E-state index in [1.807, 2.05) is 18.2 Å². The molecule has 0 bridgehead atoms. The summed E-state index contributed by atoms with van der Waals surface area (Å²) in [4.78, 5) is 12.7. The van der Waals surface area contributed by atoms with Crippen molar-refractivity contribution in [3.05, 3.63) is 64.7 Å². The van der Waals surface area contributed by atoms with Crippen LogP contribution < -0.4 is 11.1 Å². The fraction of sp³-hybridized carbons (Fsp3) is 0.409. The van der Waals surface area contributed by atoms with E-state index in [0.717, 1.165) is 37.5 Å². The van der Waals surface area contributed by atoms with Crippen LogP contribution in [-0.2, 0) is 26.5 Å². The molecule has 2 aromatic rings. The van der Waals surface area contributed by atoms with E-state index in [1.54, 1.807) is 24.3 Å². The molecule has 0 heterocycles. The zero-order valence-electron chi connectivity index (χ0n) is 16.9. The number of rotatable bonds is 6. The summed E-state index contributed by atoms with van der Waals surface area (Å²) in [6.07, 6.45) is 4.79. The Morgan fingerprint density at radius 2 is 1.83 bits per heavy atom. The molecule has 0 spiro atoms. The van der Waals surface area contributed by atoms with Crippen LogP contribution in [0.4, 0.5) is 0 Å². The van der Waals surface area contributed by atoms with E-state index in [9.17, 15) is 13.2 Å². The minimum atomic E-state index is -3.29. The third-order valence-electron chi connectivity index (χ3n) is 5.83. The van der Waals surface area contributed by atoms with Gasteiger partial charge in [0.05, 0.1) is 11.3 Å². The molecule has 1 aliphatic carbocycles. The van der Waals surface area contributed by atoms with Gasteiger partial charge < -0.3 is 11.1 Å². The Kier molecular flexibility index (Phi) is 8.34. The largest absolute Gasteiger partial charge is 0.353 e. The van der Waals surface area contributed by atoms with Gasteiger partial charge in [-0.15, -0.1) is 12.4 Å². The number of benzene rings is 2. The van der Waals surface area contributed by atoms with E-state index in [1.165, 1.54) is 0 Å². The first-order valence-electron chi connectivity index (χ1n) is 9.76. The van der Waals surface area contributed by atoms with Gasteiger partial charge in [-0.25, -0.2) is 8.42 Å². The Balaban J connectivity index is 0.00000320. The zero-order valence-corrected chi connectivity index (χ0v) is 19.3. The number of amides is 1. The van der Waals surface area contributed by atoms with Crippen molar-refractivity contribution < 1.29 is 13.2 Å². The fourth-order valence-corrected chi connectivity index (χ4v) is 4.98. The number of halogens is 2. The summed E-state index contributed by atoms with van der Waals surface area (Å²) < 4.78 is 23.4. The number of hydrogen-bond donors (Lipinski definition) is 2. The van der Waals surface area contributed by atoms with Gasteiger partial charge in [0.25, 0.3) is 0 Å². The van der Waals surface area contributed by atoms with E-state index in [-0.39, 0.29) is 41.1 Å². The van der Waals surface area contributed by atoms with Crippen LogP contribution in [0.2, 0.25) is 5.02 Å². The number of hydrogen-bond acceptors (Lipinski definition) is 4. The summed E-state index contributed by atoms with van der Waals surface area (Å²) in [5.74, 6) is -0.0938. The van der Waals surface area contributed by atoms with Crippen LogP contribution in [0.1, 0.15) is 36.8 Å². The highest BCUT2D eigenvalue weighted by Crippen LogP contribution is 2.39.